The third-order valence-electron chi connectivity index (χ3n) is 4.94. The number of hydrogen-bond donors (Lipinski definition) is 0. The molecule has 1 aliphatic heterocycles. The van der Waals surface area contributed by atoms with Gasteiger partial charge in [-0.25, -0.2) is 0 Å². The lowest BCUT2D eigenvalue weighted by Crippen LogP contribution is -2.45. The predicted molar refractivity (Wildman–Crippen MR) is 86.0 cm³/mol. The summed E-state index contributed by atoms with van der Waals surface area (Å²) in [4.78, 5) is 2.61. The summed E-state index contributed by atoms with van der Waals surface area (Å²) >= 11 is 0. The lowest BCUT2D eigenvalue weighted by Gasteiger charge is -2.45. The highest BCUT2D eigenvalue weighted by molar-refractivity contribution is 4.89. The minimum atomic E-state index is 0.418. The van der Waals surface area contributed by atoms with Crippen LogP contribution in [0.15, 0.2) is 0 Å². The van der Waals surface area contributed by atoms with Gasteiger partial charge in [0.2, 0.25) is 0 Å². The van der Waals surface area contributed by atoms with Crippen LogP contribution in [0.3, 0.4) is 0 Å². The minimum absolute atomic E-state index is 0.418. The first-order chi connectivity index (χ1) is 9.13. The van der Waals surface area contributed by atoms with Crippen LogP contribution in [0.4, 0.5) is 0 Å². The van der Waals surface area contributed by atoms with Gasteiger partial charge in [0.1, 0.15) is 0 Å². The second-order valence-electron chi connectivity index (χ2n) is 9.33. The molecule has 2 aliphatic rings. The Morgan fingerprint density at radius 3 is 1.90 bits per heavy atom. The number of nitrogens with zero attached hydrogens (tertiary/aromatic N) is 1. The smallest absolute Gasteiger partial charge is 0.0603 e. The molecule has 0 radical (unpaired) electrons. The molecule has 1 heterocycles. The Labute approximate surface area is 126 Å². The van der Waals surface area contributed by atoms with Gasteiger partial charge < -0.3 is 9.64 Å². The highest BCUT2D eigenvalue weighted by Crippen LogP contribution is 2.43. The third-order valence-corrected chi connectivity index (χ3v) is 4.94. The van der Waals surface area contributed by atoms with Crippen molar-refractivity contribution in [3.63, 3.8) is 0 Å². The second-order valence-corrected chi connectivity index (χ2v) is 9.33. The van der Waals surface area contributed by atoms with Gasteiger partial charge in [0, 0.05) is 19.6 Å². The molecule has 1 aliphatic carbocycles. The zero-order chi connectivity index (χ0) is 15.0. The van der Waals surface area contributed by atoms with Crippen molar-refractivity contribution in [2.75, 3.05) is 19.6 Å². The van der Waals surface area contributed by atoms with Crippen molar-refractivity contribution < 1.29 is 4.74 Å². The number of ether oxygens (including phenoxy) is 1. The van der Waals surface area contributed by atoms with Crippen LogP contribution in [0.25, 0.3) is 0 Å². The zero-order valence-electron chi connectivity index (χ0n) is 14.5. The van der Waals surface area contributed by atoms with Gasteiger partial charge in [-0.2, -0.15) is 0 Å². The van der Waals surface area contributed by atoms with Gasteiger partial charge >= 0.3 is 0 Å². The minimum Gasteiger partial charge on any atom is -0.375 e. The fourth-order valence-corrected chi connectivity index (χ4v) is 3.53. The first-order valence-electron chi connectivity index (χ1n) is 8.51. The maximum absolute atomic E-state index is 6.30. The van der Waals surface area contributed by atoms with E-state index in [1.165, 1.54) is 45.3 Å². The average molecular weight is 281 g/mol. The average Bonchev–Trinajstić information content (AvgIpc) is 2.21. The summed E-state index contributed by atoms with van der Waals surface area (Å²) < 4.78 is 6.30. The molecule has 0 atom stereocenters. The molecule has 0 amide bonds. The van der Waals surface area contributed by atoms with Crippen molar-refractivity contribution >= 4 is 0 Å². The van der Waals surface area contributed by atoms with E-state index in [1.807, 2.05) is 0 Å². The molecule has 0 aromatic carbocycles. The molecular formula is C18H35NO. The lowest BCUT2D eigenvalue weighted by molar-refractivity contribution is -0.113. The highest BCUT2D eigenvalue weighted by Gasteiger charge is 2.39. The van der Waals surface area contributed by atoms with E-state index in [2.05, 4.69) is 46.4 Å². The molecule has 2 heteroatoms. The Morgan fingerprint density at radius 2 is 1.45 bits per heavy atom. The molecule has 0 bridgehead atoms. The number of likely N-dealkylation sites (tertiary alicyclic amines) is 1. The van der Waals surface area contributed by atoms with Crippen molar-refractivity contribution in [3.05, 3.63) is 0 Å². The van der Waals surface area contributed by atoms with E-state index in [4.69, 9.17) is 4.74 Å². The predicted octanol–water partition coefficient (Wildman–Crippen LogP) is 4.34. The van der Waals surface area contributed by atoms with E-state index in [9.17, 15) is 0 Å². The van der Waals surface area contributed by atoms with Crippen LogP contribution in [0.2, 0.25) is 0 Å². The monoisotopic (exact) mass is 281 g/mol. The summed E-state index contributed by atoms with van der Waals surface area (Å²) in [6.07, 6.45) is 6.10. The second kappa shape index (κ2) is 5.96. The molecule has 20 heavy (non-hydrogen) atoms. The Kier molecular flexibility index (Phi) is 4.86. The normalized spacial score (nSPS) is 30.3. The Balaban J connectivity index is 1.64. The number of rotatable bonds is 3. The molecule has 1 saturated carbocycles. The fourth-order valence-electron chi connectivity index (χ4n) is 3.53. The molecule has 1 saturated heterocycles. The summed E-state index contributed by atoms with van der Waals surface area (Å²) in [5.74, 6) is 0.869. The molecule has 0 N–H and O–H groups in total. The number of piperidine rings is 1. The Morgan fingerprint density at radius 1 is 0.900 bits per heavy atom. The van der Waals surface area contributed by atoms with Crippen LogP contribution in [0.5, 0.6) is 0 Å². The van der Waals surface area contributed by atoms with E-state index < -0.39 is 0 Å². The van der Waals surface area contributed by atoms with Gasteiger partial charge in [-0.05, 0) is 42.4 Å². The molecule has 2 fully saturated rings. The van der Waals surface area contributed by atoms with E-state index in [0.29, 0.717) is 23.0 Å². The van der Waals surface area contributed by atoms with Crippen molar-refractivity contribution in [1.29, 1.82) is 0 Å². The van der Waals surface area contributed by atoms with Gasteiger partial charge in [-0.1, -0.05) is 41.5 Å². The molecule has 0 aromatic rings. The Hall–Kier alpha value is -0.0800. The number of hydrogen-bond acceptors (Lipinski definition) is 2. The zero-order valence-corrected chi connectivity index (χ0v) is 14.5. The molecule has 0 spiro atoms. The summed E-state index contributed by atoms with van der Waals surface area (Å²) in [5, 5.41) is 0. The van der Waals surface area contributed by atoms with E-state index in [-0.39, 0.29) is 0 Å². The largest absolute Gasteiger partial charge is 0.375 e. The summed E-state index contributed by atoms with van der Waals surface area (Å²) in [6.45, 7) is 17.7. The topological polar surface area (TPSA) is 12.5 Å². The van der Waals surface area contributed by atoms with Crippen LogP contribution in [0.1, 0.15) is 67.2 Å². The van der Waals surface area contributed by atoms with E-state index >= 15 is 0 Å². The van der Waals surface area contributed by atoms with Gasteiger partial charge in [-0.3, -0.25) is 0 Å². The molecule has 0 unspecified atom stereocenters. The van der Waals surface area contributed by atoms with Crippen LogP contribution in [-0.4, -0.2) is 36.7 Å². The standard InChI is InChI=1S/C18H35NO/c1-17(2,3)13-19-9-7-15(8-10-19)20-16-11-14(12-16)18(4,5)6/h14-16H,7-13H2,1-6H3. The Bertz CT molecular complexity index is 298. The van der Waals surface area contributed by atoms with Gasteiger partial charge in [0.25, 0.3) is 0 Å². The lowest BCUT2D eigenvalue weighted by atomic mass is 9.67. The van der Waals surface area contributed by atoms with Crippen LogP contribution < -0.4 is 0 Å². The van der Waals surface area contributed by atoms with Crippen molar-refractivity contribution in [1.82, 2.24) is 4.90 Å². The fraction of sp³-hybridized carbons (Fsp3) is 1.00. The summed E-state index contributed by atoms with van der Waals surface area (Å²) in [6, 6.07) is 0. The molecule has 2 nitrogen and oxygen atoms in total. The van der Waals surface area contributed by atoms with E-state index in [1.54, 1.807) is 0 Å². The molecule has 0 aromatic heterocycles. The van der Waals surface area contributed by atoms with Crippen LogP contribution in [-0.2, 0) is 4.74 Å². The molecular weight excluding hydrogens is 246 g/mol. The first kappa shape index (κ1) is 16.3. The molecule has 118 valence electrons. The van der Waals surface area contributed by atoms with Crippen molar-refractivity contribution in [3.8, 4) is 0 Å². The quantitative estimate of drug-likeness (QED) is 0.763. The van der Waals surface area contributed by atoms with Gasteiger partial charge in [0.05, 0.1) is 12.2 Å². The molecule has 2 rings (SSSR count). The SMILES string of the molecule is CC(C)(C)CN1CCC(OC2CC(C(C)(C)C)C2)CC1. The maximum atomic E-state index is 6.30. The highest BCUT2D eigenvalue weighted by atomic mass is 16.5. The van der Waals surface area contributed by atoms with E-state index in [0.717, 1.165) is 5.92 Å². The summed E-state index contributed by atoms with van der Waals surface area (Å²) in [7, 11) is 0. The van der Waals surface area contributed by atoms with Crippen molar-refractivity contribution in [2.45, 2.75) is 79.4 Å². The van der Waals surface area contributed by atoms with Gasteiger partial charge in [0.15, 0.2) is 0 Å². The maximum Gasteiger partial charge on any atom is 0.0603 e. The summed E-state index contributed by atoms with van der Waals surface area (Å²) in [5.41, 5.74) is 0.886. The van der Waals surface area contributed by atoms with Crippen LogP contribution in [0, 0.1) is 16.7 Å². The van der Waals surface area contributed by atoms with Crippen LogP contribution >= 0.6 is 0 Å². The van der Waals surface area contributed by atoms with Gasteiger partial charge in [-0.15, -0.1) is 0 Å². The first-order valence-corrected chi connectivity index (χ1v) is 8.51. The van der Waals surface area contributed by atoms with Crippen molar-refractivity contribution in [2.24, 2.45) is 16.7 Å². The third kappa shape index (κ3) is 4.73.